The van der Waals surface area contributed by atoms with Crippen LogP contribution in [-0.2, 0) is 4.74 Å². The van der Waals surface area contributed by atoms with Crippen LogP contribution in [0.15, 0.2) is 96.3 Å². The molecule has 4 nitrogen and oxygen atoms in total. The van der Waals surface area contributed by atoms with Gasteiger partial charge in [-0.1, -0.05) is 36.4 Å². The van der Waals surface area contributed by atoms with Gasteiger partial charge < -0.3 is 4.74 Å². The second kappa shape index (κ2) is 7.24. The van der Waals surface area contributed by atoms with Gasteiger partial charge in [0.05, 0.1) is 11.0 Å². The van der Waals surface area contributed by atoms with E-state index in [4.69, 9.17) is 4.74 Å². The smallest absolute Gasteiger partial charge is 0.269 e. The van der Waals surface area contributed by atoms with E-state index in [1.807, 2.05) is 48.6 Å². The van der Waals surface area contributed by atoms with Crippen LogP contribution in [0.5, 0.6) is 0 Å². The summed E-state index contributed by atoms with van der Waals surface area (Å²) in [6.45, 7) is 0. The molecular weight excluding hydrogens is 338 g/mol. The van der Waals surface area contributed by atoms with Gasteiger partial charge in [-0.3, -0.25) is 10.1 Å². The van der Waals surface area contributed by atoms with Gasteiger partial charge in [0.15, 0.2) is 0 Å². The van der Waals surface area contributed by atoms with Gasteiger partial charge in [-0.15, -0.1) is 0 Å². The molecule has 0 spiro atoms. The Morgan fingerprint density at radius 1 is 1.07 bits per heavy atom. The molecule has 4 heteroatoms. The van der Waals surface area contributed by atoms with Crippen molar-refractivity contribution in [3.63, 3.8) is 0 Å². The Balaban J connectivity index is 1.65. The second-order valence-corrected chi connectivity index (χ2v) is 6.18. The first-order valence-corrected chi connectivity index (χ1v) is 8.57. The summed E-state index contributed by atoms with van der Waals surface area (Å²) < 4.78 is 6.20. The second-order valence-electron chi connectivity index (χ2n) is 6.18. The number of rotatable bonds is 4. The van der Waals surface area contributed by atoms with Crippen molar-refractivity contribution in [1.29, 1.82) is 0 Å². The van der Waals surface area contributed by atoms with E-state index in [0.717, 1.165) is 28.0 Å². The van der Waals surface area contributed by atoms with E-state index < -0.39 is 4.92 Å². The Morgan fingerprint density at radius 3 is 2.59 bits per heavy atom. The van der Waals surface area contributed by atoms with Crippen LogP contribution in [0.3, 0.4) is 0 Å². The molecule has 1 aliphatic carbocycles. The molecule has 0 fully saturated rings. The van der Waals surface area contributed by atoms with Crippen LogP contribution in [0.25, 0.3) is 11.6 Å². The summed E-state index contributed by atoms with van der Waals surface area (Å²) in [5.41, 5.74) is 4.10. The number of allylic oxidation sites excluding steroid dienone is 6. The minimum Gasteiger partial charge on any atom is -0.459 e. The maximum absolute atomic E-state index is 10.8. The lowest BCUT2D eigenvalue weighted by Crippen LogP contribution is -2.17. The summed E-state index contributed by atoms with van der Waals surface area (Å²) in [5.74, 6) is 0.812. The van der Waals surface area contributed by atoms with Gasteiger partial charge in [-0.25, -0.2) is 0 Å². The number of ether oxygens (including phenoxy) is 1. The zero-order chi connectivity index (χ0) is 18.6. The monoisotopic (exact) mass is 354 g/mol. The fraction of sp³-hybridized carbons (Fsp3) is 0.0435. The summed E-state index contributed by atoms with van der Waals surface area (Å²) in [7, 11) is 0. The van der Waals surface area contributed by atoms with Gasteiger partial charge in [0.1, 0.15) is 23.8 Å². The predicted molar refractivity (Wildman–Crippen MR) is 105 cm³/mol. The fourth-order valence-electron chi connectivity index (χ4n) is 3.03. The van der Waals surface area contributed by atoms with E-state index in [2.05, 4.69) is 24.3 Å². The number of hydrogen-bond acceptors (Lipinski definition) is 3. The Hall–Kier alpha value is -3.75. The van der Waals surface area contributed by atoms with Gasteiger partial charge >= 0.3 is 0 Å². The molecule has 2 aromatic carbocycles. The molecule has 0 bridgehead atoms. The number of non-ortho nitro benzene ring substituents is 1. The third-order valence-corrected chi connectivity index (χ3v) is 4.40. The van der Waals surface area contributed by atoms with E-state index >= 15 is 0 Å². The van der Waals surface area contributed by atoms with Crippen molar-refractivity contribution < 1.29 is 9.66 Å². The summed E-state index contributed by atoms with van der Waals surface area (Å²) in [6, 6.07) is 16.6. The summed E-state index contributed by atoms with van der Waals surface area (Å²) in [5, 5.41) is 10.8. The van der Waals surface area contributed by atoms with Crippen molar-refractivity contribution in [3.8, 4) is 0 Å². The van der Waals surface area contributed by atoms with Crippen LogP contribution >= 0.6 is 0 Å². The van der Waals surface area contributed by atoms with Crippen LogP contribution in [0.4, 0.5) is 5.69 Å². The summed E-state index contributed by atoms with van der Waals surface area (Å²) in [4.78, 5) is 10.4. The van der Waals surface area contributed by atoms with Gasteiger partial charge in [-0.05, 0) is 29.3 Å². The maximum atomic E-state index is 10.8. The molecule has 1 aliphatic heterocycles. The lowest BCUT2D eigenvalue weighted by atomic mass is 9.93. The highest BCUT2D eigenvalue weighted by Crippen LogP contribution is 2.33. The molecule has 0 amide bonds. The molecule has 1 unspecified atom stereocenters. The predicted octanol–water partition coefficient (Wildman–Crippen LogP) is 5.27. The third-order valence-electron chi connectivity index (χ3n) is 4.40. The van der Waals surface area contributed by atoms with Crippen molar-refractivity contribution in [1.82, 2.24) is 0 Å². The molecule has 0 radical (unpaired) electrons. The molecule has 2 aliphatic rings. The lowest BCUT2D eigenvalue weighted by Gasteiger charge is -2.23. The standard InChI is InChI=1S/C23H16NO3/c25-24(26)20-13-10-17(11-14-20)12-15-23-21(18-6-2-1-3-7-18)16-19-8-4-5-9-22(19)27-23/h1-3,5-16,23H/q+1. The molecule has 27 heavy (non-hydrogen) atoms. The molecule has 1 atom stereocenters. The lowest BCUT2D eigenvalue weighted by molar-refractivity contribution is -0.384. The summed E-state index contributed by atoms with van der Waals surface area (Å²) >= 11 is 0. The van der Waals surface area contributed by atoms with E-state index in [1.165, 1.54) is 12.1 Å². The molecule has 4 rings (SSSR count). The van der Waals surface area contributed by atoms with Crippen molar-refractivity contribution in [2.75, 3.05) is 0 Å². The molecule has 0 N–H and O–H groups in total. The van der Waals surface area contributed by atoms with E-state index in [0.29, 0.717) is 0 Å². The number of benzene rings is 2. The topological polar surface area (TPSA) is 52.4 Å². The van der Waals surface area contributed by atoms with Crippen LogP contribution in [0.1, 0.15) is 11.1 Å². The van der Waals surface area contributed by atoms with Crippen molar-refractivity contribution in [2.24, 2.45) is 0 Å². The fourth-order valence-corrected chi connectivity index (χ4v) is 3.03. The minimum atomic E-state index is -0.401. The first kappa shape index (κ1) is 16.7. The molecule has 130 valence electrons. The number of nitro groups is 1. The van der Waals surface area contributed by atoms with Crippen molar-refractivity contribution in [2.45, 2.75) is 6.10 Å². The average Bonchev–Trinajstić information content (AvgIpc) is 2.72. The van der Waals surface area contributed by atoms with E-state index in [-0.39, 0.29) is 11.8 Å². The molecule has 0 aromatic heterocycles. The van der Waals surface area contributed by atoms with Crippen molar-refractivity contribution in [3.05, 3.63) is 124 Å². The summed E-state index contributed by atoms with van der Waals surface area (Å²) in [6.07, 6.45) is 14.5. The number of nitro benzene ring substituents is 1. The zero-order valence-corrected chi connectivity index (χ0v) is 14.4. The zero-order valence-electron chi connectivity index (χ0n) is 14.4. The highest BCUT2D eigenvalue weighted by atomic mass is 16.6. The quantitative estimate of drug-likeness (QED) is 0.427. The van der Waals surface area contributed by atoms with Gasteiger partial charge in [0.2, 0.25) is 5.76 Å². The molecule has 0 saturated heterocycles. The van der Waals surface area contributed by atoms with Gasteiger partial charge in [0.25, 0.3) is 5.69 Å². The normalized spacial score (nSPS) is 17.9. The molecule has 0 saturated carbocycles. The van der Waals surface area contributed by atoms with Crippen molar-refractivity contribution >= 4 is 17.3 Å². The Kier molecular flexibility index (Phi) is 4.48. The maximum Gasteiger partial charge on any atom is 0.269 e. The Bertz CT molecular complexity index is 1010. The highest BCUT2D eigenvalue weighted by molar-refractivity contribution is 5.77. The Morgan fingerprint density at radius 2 is 1.85 bits per heavy atom. The minimum absolute atomic E-state index is 0.0797. The molecule has 2 aromatic rings. The SMILES string of the molecule is O=[N+]([O-])c1ccc(C=CC2OC3=C(C=[C+]C=C3)C=C2c2ccccc2)cc1. The first-order valence-electron chi connectivity index (χ1n) is 8.57. The highest BCUT2D eigenvalue weighted by Gasteiger charge is 2.27. The van der Waals surface area contributed by atoms with Gasteiger partial charge in [-0.2, -0.15) is 0 Å². The Labute approximate surface area is 157 Å². The van der Waals surface area contributed by atoms with Crippen LogP contribution in [-0.4, -0.2) is 11.0 Å². The third kappa shape index (κ3) is 3.61. The van der Waals surface area contributed by atoms with E-state index in [9.17, 15) is 10.1 Å². The average molecular weight is 354 g/mol. The number of nitrogens with zero attached hydrogens (tertiary/aromatic N) is 1. The van der Waals surface area contributed by atoms with Crippen LogP contribution < -0.4 is 0 Å². The molecule has 1 heterocycles. The van der Waals surface area contributed by atoms with E-state index in [1.54, 1.807) is 12.1 Å². The largest absolute Gasteiger partial charge is 0.459 e. The van der Waals surface area contributed by atoms with Crippen LogP contribution in [0, 0.1) is 16.2 Å². The number of hydrogen-bond donors (Lipinski definition) is 0. The first-order chi connectivity index (χ1) is 13.2. The van der Waals surface area contributed by atoms with Gasteiger partial charge in [0, 0.05) is 29.9 Å². The molecular formula is C23H16NO3+. The van der Waals surface area contributed by atoms with Crippen LogP contribution in [0.2, 0.25) is 0 Å².